The zero-order chi connectivity index (χ0) is 22.3. The molecule has 162 valence electrons. The summed E-state index contributed by atoms with van der Waals surface area (Å²) >= 11 is 0. The summed E-state index contributed by atoms with van der Waals surface area (Å²) in [6.45, 7) is 2.35. The highest BCUT2D eigenvalue weighted by molar-refractivity contribution is 5.71. The van der Waals surface area contributed by atoms with Crippen LogP contribution in [0.15, 0.2) is 48.5 Å². The normalized spacial score (nSPS) is 16.7. The van der Waals surface area contributed by atoms with Crippen molar-refractivity contribution in [2.45, 2.75) is 24.9 Å². The predicted octanol–water partition coefficient (Wildman–Crippen LogP) is 5.63. The second-order valence-electron chi connectivity index (χ2n) is 7.53. The minimum atomic E-state index is -4.98. The Labute approximate surface area is 175 Å². The number of nitrogens with zero attached hydrogens (tertiary/aromatic N) is 1. The van der Waals surface area contributed by atoms with Crippen LogP contribution >= 0.6 is 0 Å². The summed E-state index contributed by atoms with van der Waals surface area (Å²) in [6.07, 6.45) is -4.98. The first-order valence-corrected chi connectivity index (χ1v) is 9.70. The summed E-state index contributed by atoms with van der Waals surface area (Å²) in [7, 11) is 0. The highest BCUT2D eigenvalue weighted by atomic mass is 19.4. The maximum Gasteiger partial charge on any atom is 0.419 e. The van der Waals surface area contributed by atoms with Gasteiger partial charge >= 0.3 is 6.18 Å². The molecule has 1 aromatic heterocycles. The Morgan fingerprint density at radius 2 is 1.81 bits per heavy atom. The molecule has 0 saturated carbocycles. The van der Waals surface area contributed by atoms with Gasteiger partial charge in [0.05, 0.1) is 17.9 Å². The number of fused-ring (bicyclic) bond motifs is 1. The van der Waals surface area contributed by atoms with Crippen LogP contribution in [0, 0.1) is 11.6 Å². The molecule has 0 bridgehead atoms. The summed E-state index contributed by atoms with van der Waals surface area (Å²) in [5.41, 5.74) is 5.93. The van der Waals surface area contributed by atoms with Crippen LogP contribution in [0.25, 0.3) is 11.3 Å². The van der Waals surface area contributed by atoms with E-state index in [1.54, 1.807) is 6.07 Å². The third kappa shape index (κ3) is 3.87. The van der Waals surface area contributed by atoms with Crippen LogP contribution in [-0.4, -0.2) is 18.1 Å². The van der Waals surface area contributed by atoms with Crippen molar-refractivity contribution >= 4 is 0 Å². The fraction of sp³-hybridized carbons (Fsp3) is 0.261. The molecule has 2 aromatic carbocycles. The molecule has 0 aliphatic carbocycles. The summed E-state index contributed by atoms with van der Waals surface area (Å²) in [6, 6.07) is 11.7. The highest BCUT2D eigenvalue weighted by Gasteiger charge is 2.36. The van der Waals surface area contributed by atoms with Gasteiger partial charge < -0.3 is 10.5 Å². The van der Waals surface area contributed by atoms with Gasteiger partial charge in [0.25, 0.3) is 0 Å². The molecule has 0 fully saturated rings. The van der Waals surface area contributed by atoms with Gasteiger partial charge in [0.1, 0.15) is 23.1 Å². The van der Waals surface area contributed by atoms with E-state index in [9.17, 15) is 22.0 Å². The lowest BCUT2D eigenvalue weighted by Crippen LogP contribution is -2.16. The molecule has 8 heteroatoms. The highest BCUT2D eigenvalue weighted by Crippen LogP contribution is 2.44. The predicted molar refractivity (Wildman–Crippen MR) is 106 cm³/mol. The maximum atomic E-state index is 14.7. The van der Waals surface area contributed by atoms with Crippen molar-refractivity contribution in [1.82, 2.24) is 4.98 Å². The molecule has 2 atom stereocenters. The van der Waals surface area contributed by atoms with Gasteiger partial charge in [0, 0.05) is 35.6 Å². The van der Waals surface area contributed by atoms with E-state index in [-0.39, 0.29) is 42.5 Å². The molecule has 2 heterocycles. The van der Waals surface area contributed by atoms with Crippen molar-refractivity contribution in [3.63, 3.8) is 0 Å². The van der Waals surface area contributed by atoms with E-state index in [1.807, 2.05) is 37.3 Å². The Morgan fingerprint density at radius 1 is 1.10 bits per heavy atom. The SMILES string of the molecule is CC1COc2c1cc(C(CN)c1ccccc1)nc2-c1cc(C(F)(F)F)c(F)cc1F. The lowest BCUT2D eigenvalue weighted by atomic mass is 9.91. The van der Waals surface area contributed by atoms with Crippen LogP contribution in [0.3, 0.4) is 0 Å². The zero-order valence-corrected chi connectivity index (χ0v) is 16.5. The van der Waals surface area contributed by atoms with Crippen molar-refractivity contribution in [2.24, 2.45) is 5.73 Å². The molecular formula is C23H19F5N2O. The van der Waals surface area contributed by atoms with Gasteiger partial charge in [-0.05, 0) is 17.7 Å². The summed E-state index contributed by atoms with van der Waals surface area (Å²) in [4.78, 5) is 4.48. The summed E-state index contributed by atoms with van der Waals surface area (Å²) in [5.74, 6) is -3.05. The Hall–Kier alpha value is -3.00. The van der Waals surface area contributed by atoms with Crippen molar-refractivity contribution in [2.75, 3.05) is 13.2 Å². The van der Waals surface area contributed by atoms with E-state index < -0.39 is 28.9 Å². The fourth-order valence-corrected chi connectivity index (χ4v) is 3.81. The first kappa shape index (κ1) is 21.2. The molecule has 3 aromatic rings. The van der Waals surface area contributed by atoms with Crippen LogP contribution in [0.5, 0.6) is 5.75 Å². The third-order valence-electron chi connectivity index (χ3n) is 5.44. The molecule has 3 nitrogen and oxygen atoms in total. The Bertz CT molecular complexity index is 1120. The summed E-state index contributed by atoms with van der Waals surface area (Å²) < 4.78 is 74.0. The molecule has 0 saturated heterocycles. The van der Waals surface area contributed by atoms with E-state index in [4.69, 9.17) is 10.5 Å². The van der Waals surface area contributed by atoms with Gasteiger partial charge in [-0.1, -0.05) is 37.3 Å². The molecule has 31 heavy (non-hydrogen) atoms. The van der Waals surface area contributed by atoms with Crippen molar-refractivity contribution in [1.29, 1.82) is 0 Å². The standard InChI is InChI=1S/C23H19F5N2O/c1-12-11-31-22-14(12)8-20(16(10-29)13-5-3-2-4-6-13)30-21(22)15-7-17(23(26,27)28)19(25)9-18(15)24/h2-9,12,16H,10-11,29H2,1H3. The lowest BCUT2D eigenvalue weighted by molar-refractivity contribution is -0.140. The second-order valence-corrected chi connectivity index (χ2v) is 7.53. The van der Waals surface area contributed by atoms with E-state index in [1.165, 1.54) is 0 Å². The van der Waals surface area contributed by atoms with Crippen molar-refractivity contribution < 1.29 is 26.7 Å². The van der Waals surface area contributed by atoms with E-state index >= 15 is 0 Å². The van der Waals surface area contributed by atoms with Crippen LogP contribution in [-0.2, 0) is 6.18 Å². The van der Waals surface area contributed by atoms with Gasteiger partial charge in [0.2, 0.25) is 0 Å². The van der Waals surface area contributed by atoms with Gasteiger partial charge in [0.15, 0.2) is 0 Å². The first-order chi connectivity index (χ1) is 14.7. The lowest BCUT2D eigenvalue weighted by Gasteiger charge is -2.19. The Balaban J connectivity index is 1.95. The number of ether oxygens (including phenoxy) is 1. The fourth-order valence-electron chi connectivity index (χ4n) is 3.81. The smallest absolute Gasteiger partial charge is 0.419 e. The third-order valence-corrected chi connectivity index (χ3v) is 5.44. The van der Waals surface area contributed by atoms with Crippen molar-refractivity contribution in [3.8, 4) is 17.0 Å². The molecule has 0 amide bonds. The molecule has 0 spiro atoms. The average Bonchev–Trinajstić information content (AvgIpc) is 3.09. The number of aromatic nitrogens is 1. The van der Waals surface area contributed by atoms with Gasteiger partial charge in [-0.2, -0.15) is 13.2 Å². The number of nitrogens with two attached hydrogens (primary N) is 1. The molecule has 1 aliphatic heterocycles. The van der Waals surface area contributed by atoms with Gasteiger partial charge in [-0.3, -0.25) is 0 Å². The van der Waals surface area contributed by atoms with Gasteiger partial charge in [-0.15, -0.1) is 0 Å². The zero-order valence-electron chi connectivity index (χ0n) is 16.5. The minimum Gasteiger partial charge on any atom is -0.490 e. The topological polar surface area (TPSA) is 48.1 Å². The number of pyridine rings is 1. The second kappa shape index (κ2) is 7.92. The Kier molecular flexibility index (Phi) is 5.43. The molecule has 2 unspecified atom stereocenters. The van der Waals surface area contributed by atoms with Crippen molar-refractivity contribution in [3.05, 3.63) is 82.5 Å². The number of benzene rings is 2. The molecule has 1 aliphatic rings. The van der Waals surface area contributed by atoms with Gasteiger partial charge in [-0.25, -0.2) is 13.8 Å². The van der Waals surface area contributed by atoms with Crippen LogP contribution in [0.1, 0.15) is 41.1 Å². The minimum absolute atomic E-state index is 0.0738. The van der Waals surface area contributed by atoms with E-state index in [0.29, 0.717) is 17.3 Å². The monoisotopic (exact) mass is 434 g/mol. The largest absolute Gasteiger partial charge is 0.490 e. The number of halogens is 5. The quantitative estimate of drug-likeness (QED) is 0.542. The molecular weight excluding hydrogens is 415 g/mol. The number of rotatable bonds is 4. The molecule has 4 rings (SSSR count). The van der Waals surface area contributed by atoms with E-state index in [0.717, 1.165) is 5.56 Å². The number of alkyl halides is 3. The molecule has 0 radical (unpaired) electrons. The van der Waals surface area contributed by atoms with Crippen LogP contribution < -0.4 is 10.5 Å². The Morgan fingerprint density at radius 3 is 2.45 bits per heavy atom. The van der Waals surface area contributed by atoms with E-state index in [2.05, 4.69) is 4.98 Å². The summed E-state index contributed by atoms with van der Waals surface area (Å²) in [5, 5.41) is 0. The van der Waals surface area contributed by atoms with Crippen LogP contribution in [0.4, 0.5) is 22.0 Å². The first-order valence-electron chi connectivity index (χ1n) is 9.70. The maximum absolute atomic E-state index is 14.7. The number of hydrogen-bond donors (Lipinski definition) is 1. The number of hydrogen-bond acceptors (Lipinski definition) is 3. The average molecular weight is 434 g/mol. The van der Waals surface area contributed by atoms with Crippen LogP contribution in [0.2, 0.25) is 0 Å². The molecule has 2 N–H and O–H groups in total.